The lowest BCUT2D eigenvalue weighted by Gasteiger charge is -2.36. The van der Waals surface area contributed by atoms with Crippen LogP contribution in [0.1, 0.15) is 28.4 Å². The van der Waals surface area contributed by atoms with Crippen molar-refractivity contribution in [1.29, 1.82) is 0 Å². The second-order valence-corrected chi connectivity index (χ2v) is 8.29. The van der Waals surface area contributed by atoms with Crippen molar-refractivity contribution < 1.29 is 18.0 Å². The highest BCUT2D eigenvalue weighted by Gasteiger charge is 2.46. The molecule has 2 heterocycles. The topological polar surface area (TPSA) is 22.0 Å². The molecule has 0 unspecified atom stereocenters. The minimum atomic E-state index is -4.39. The third-order valence-corrected chi connectivity index (χ3v) is 6.40. The van der Waals surface area contributed by atoms with Gasteiger partial charge in [0.2, 0.25) is 5.91 Å². The van der Waals surface area contributed by atoms with E-state index in [0.29, 0.717) is 5.56 Å². The van der Waals surface area contributed by atoms with Gasteiger partial charge in [0.05, 0.1) is 16.6 Å². The smallest absolute Gasteiger partial charge is 0.279 e. The zero-order valence-electron chi connectivity index (χ0n) is 15.1. The molecular formula is C21H18F3NOS. The molecule has 2 aromatic carbocycles. The van der Waals surface area contributed by atoms with Crippen molar-refractivity contribution in [2.45, 2.75) is 31.7 Å². The van der Waals surface area contributed by atoms with Gasteiger partial charge in [-0.15, -0.1) is 0 Å². The predicted octanol–water partition coefficient (Wildman–Crippen LogP) is 6.09. The summed E-state index contributed by atoms with van der Waals surface area (Å²) in [5.41, 5.74) is -0.732. The van der Waals surface area contributed by atoms with Gasteiger partial charge in [-0.25, -0.2) is 0 Å². The number of benzene rings is 2. The van der Waals surface area contributed by atoms with Gasteiger partial charge in [0, 0.05) is 16.7 Å². The number of carbonyl (C=O) groups is 1. The van der Waals surface area contributed by atoms with Gasteiger partial charge in [-0.05, 0) is 49.7 Å². The number of halogens is 3. The molecule has 1 aliphatic heterocycles. The van der Waals surface area contributed by atoms with E-state index in [1.54, 1.807) is 11.5 Å². The Hall–Kier alpha value is -2.21. The molecule has 0 saturated heterocycles. The maximum Gasteiger partial charge on any atom is 0.441 e. The maximum atomic E-state index is 13.5. The molecule has 0 spiro atoms. The van der Waals surface area contributed by atoms with Crippen LogP contribution in [0.4, 0.5) is 13.2 Å². The number of aromatic nitrogens is 1. The highest BCUT2D eigenvalue weighted by Crippen LogP contribution is 2.48. The average Bonchev–Trinajstić information content (AvgIpc) is 2.91. The van der Waals surface area contributed by atoms with E-state index in [4.69, 9.17) is 0 Å². The normalized spacial score (nSPS) is 19.3. The van der Waals surface area contributed by atoms with Crippen molar-refractivity contribution in [3.05, 3.63) is 59.2 Å². The third-order valence-electron chi connectivity index (χ3n) is 5.35. The van der Waals surface area contributed by atoms with E-state index >= 15 is 0 Å². The molecule has 6 heteroatoms. The summed E-state index contributed by atoms with van der Waals surface area (Å²) in [6.45, 7) is 5.47. The number of aryl methyl sites for hydroxylation is 2. The van der Waals surface area contributed by atoms with Crippen molar-refractivity contribution in [2.75, 3.05) is 5.75 Å². The third kappa shape index (κ3) is 2.69. The molecule has 0 aliphatic carbocycles. The summed E-state index contributed by atoms with van der Waals surface area (Å²) in [5.74, 6) is -0.659. The zero-order chi connectivity index (χ0) is 19.6. The minimum Gasteiger partial charge on any atom is -0.279 e. The second-order valence-electron chi connectivity index (χ2n) is 7.25. The van der Waals surface area contributed by atoms with Gasteiger partial charge >= 0.3 is 5.51 Å². The first-order valence-corrected chi connectivity index (χ1v) is 9.59. The van der Waals surface area contributed by atoms with Crippen LogP contribution in [0.25, 0.3) is 22.2 Å². The molecular weight excluding hydrogens is 371 g/mol. The SMILES string of the molecule is Cc1ccc2c(c1)[C@](C)(CSC(F)(F)F)C(=O)n1c-2c(C)c2ccccc21. The van der Waals surface area contributed by atoms with Crippen molar-refractivity contribution in [3.8, 4) is 11.3 Å². The van der Waals surface area contributed by atoms with Gasteiger partial charge in [0.15, 0.2) is 0 Å². The largest absolute Gasteiger partial charge is 0.441 e. The van der Waals surface area contributed by atoms with Gasteiger partial charge in [-0.2, -0.15) is 13.2 Å². The molecule has 0 fully saturated rings. The maximum absolute atomic E-state index is 13.5. The average molecular weight is 389 g/mol. The van der Waals surface area contributed by atoms with Crippen LogP contribution in [0.2, 0.25) is 0 Å². The minimum absolute atomic E-state index is 0.135. The fourth-order valence-corrected chi connectivity index (χ4v) is 4.71. The summed E-state index contributed by atoms with van der Waals surface area (Å²) in [5, 5.41) is 0.945. The van der Waals surface area contributed by atoms with Gasteiger partial charge < -0.3 is 0 Å². The number of rotatable bonds is 2. The quantitative estimate of drug-likeness (QED) is 0.529. The zero-order valence-corrected chi connectivity index (χ0v) is 16.0. The number of para-hydroxylation sites is 1. The van der Waals surface area contributed by atoms with Crippen molar-refractivity contribution in [3.63, 3.8) is 0 Å². The molecule has 0 amide bonds. The summed E-state index contributed by atoms with van der Waals surface area (Å²) in [6.07, 6.45) is 0. The van der Waals surface area contributed by atoms with Crippen LogP contribution < -0.4 is 0 Å². The molecule has 2 nitrogen and oxygen atoms in total. The summed E-state index contributed by atoms with van der Waals surface area (Å²) in [4.78, 5) is 13.5. The summed E-state index contributed by atoms with van der Waals surface area (Å²) >= 11 is -0.135. The van der Waals surface area contributed by atoms with E-state index in [1.165, 1.54) is 0 Å². The van der Waals surface area contributed by atoms with Crippen LogP contribution in [-0.2, 0) is 5.41 Å². The van der Waals surface area contributed by atoms with E-state index in [0.717, 1.165) is 33.3 Å². The van der Waals surface area contributed by atoms with E-state index in [9.17, 15) is 18.0 Å². The Kier molecular flexibility index (Phi) is 3.97. The van der Waals surface area contributed by atoms with Gasteiger partial charge in [-0.1, -0.05) is 42.0 Å². The molecule has 140 valence electrons. The van der Waals surface area contributed by atoms with Gasteiger partial charge in [0.25, 0.3) is 0 Å². The van der Waals surface area contributed by atoms with E-state index in [2.05, 4.69) is 0 Å². The fraction of sp³-hybridized carbons (Fsp3) is 0.286. The Bertz CT molecular complexity index is 1080. The van der Waals surface area contributed by atoms with Crippen LogP contribution in [-0.4, -0.2) is 21.7 Å². The van der Waals surface area contributed by atoms with Crippen molar-refractivity contribution in [1.82, 2.24) is 4.57 Å². The lowest BCUT2D eigenvalue weighted by atomic mass is 9.76. The van der Waals surface area contributed by atoms with Gasteiger partial charge in [0.1, 0.15) is 0 Å². The van der Waals surface area contributed by atoms with E-state index in [-0.39, 0.29) is 23.4 Å². The van der Waals surface area contributed by atoms with Crippen LogP contribution in [0.5, 0.6) is 0 Å². The van der Waals surface area contributed by atoms with Crippen LogP contribution in [0, 0.1) is 13.8 Å². The molecule has 1 atom stereocenters. The van der Waals surface area contributed by atoms with Crippen LogP contribution in [0.3, 0.4) is 0 Å². The number of alkyl halides is 3. The Morgan fingerprint density at radius 2 is 1.81 bits per heavy atom. The first-order valence-electron chi connectivity index (χ1n) is 8.60. The second kappa shape index (κ2) is 5.89. The standard InChI is InChI=1S/C21H18F3NOS/c1-12-8-9-15-16(10-12)20(3,11-27-21(22,23)24)19(26)25-17-7-5-4-6-14(17)13(2)18(15)25/h4-10H,11H2,1-3H3/t20-/m0/s1. The van der Waals surface area contributed by atoms with Crippen molar-refractivity contribution >= 4 is 28.6 Å². The molecule has 0 bridgehead atoms. The number of carbonyl (C=O) groups excluding carboxylic acids is 1. The number of hydrogen-bond acceptors (Lipinski definition) is 2. The first kappa shape index (κ1) is 18.2. The summed E-state index contributed by atoms with van der Waals surface area (Å²) in [7, 11) is 0. The molecule has 4 rings (SSSR count). The molecule has 1 aromatic heterocycles. The summed E-state index contributed by atoms with van der Waals surface area (Å²) < 4.78 is 40.5. The lowest BCUT2D eigenvalue weighted by Crippen LogP contribution is -2.43. The number of thioether (sulfide) groups is 1. The molecule has 0 N–H and O–H groups in total. The van der Waals surface area contributed by atoms with Gasteiger partial charge in [-0.3, -0.25) is 9.36 Å². The molecule has 3 aromatic rings. The van der Waals surface area contributed by atoms with Crippen molar-refractivity contribution in [2.24, 2.45) is 0 Å². The molecule has 0 radical (unpaired) electrons. The first-order chi connectivity index (χ1) is 12.6. The molecule has 0 saturated carbocycles. The molecule has 27 heavy (non-hydrogen) atoms. The monoisotopic (exact) mass is 389 g/mol. The Balaban J connectivity index is 2.03. The van der Waals surface area contributed by atoms with Crippen LogP contribution >= 0.6 is 11.8 Å². The summed E-state index contributed by atoms with van der Waals surface area (Å²) in [6, 6.07) is 13.2. The number of fused-ring (bicyclic) bond motifs is 5. The Labute approximate surface area is 159 Å². The lowest BCUT2D eigenvalue weighted by molar-refractivity contribution is -0.0329. The highest BCUT2D eigenvalue weighted by atomic mass is 32.2. The number of hydrogen-bond donors (Lipinski definition) is 0. The predicted molar refractivity (Wildman–Crippen MR) is 103 cm³/mol. The van der Waals surface area contributed by atoms with E-state index < -0.39 is 10.9 Å². The molecule has 1 aliphatic rings. The van der Waals surface area contributed by atoms with Crippen LogP contribution in [0.15, 0.2) is 42.5 Å². The Morgan fingerprint density at radius 1 is 1.11 bits per heavy atom. The fourth-order valence-electron chi connectivity index (χ4n) is 3.98. The highest BCUT2D eigenvalue weighted by molar-refractivity contribution is 8.00. The number of nitrogens with zero attached hydrogens (tertiary/aromatic N) is 1. The Morgan fingerprint density at radius 3 is 2.52 bits per heavy atom. The van der Waals surface area contributed by atoms with E-state index in [1.807, 2.05) is 56.3 Å².